The zero-order valence-electron chi connectivity index (χ0n) is 16.3. The van der Waals surface area contributed by atoms with Gasteiger partial charge in [0.05, 0.1) is 26.3 Å². The Labute approximate surface area is 159 Å². The fraction of sp³-hybridized carbons (Fsp3) is 0.300. The molecule has 0 bridgehead atoms. The Hall–Kier alpha value is -3.06. The van der Waals surface area contributed by atoms with Gasteiger partial charge in [0.25, 0.3) is 5.91 Å². The number of carbonyl (C=O) groups is 2. The zero-order valence-corrected chi connectivity index (χ0v) is 16.3. The third kappa shape index (κ3) is 5.21. The molecule has 2 N–H and O–H groups in total. The quantitative estimate of drug-likeness (QED) is 0.782. The van der Waals surface area contributed by atoms with E-state index in [4.69, 9.17) is 9.47 Å². The van der Waals surface area contributed by atoms with Crippen molar-refractivity contribution >= 4 is 23.2 Å². The van der Waals surface area contributed by atoms with Gasteiger partial charge in [0.1, 0.15) is 0 Å². The number of benzene rings is 2. The number of rotatable bonds is 7. The molecule has 0 saturated heterocycles. The van der Waals surface area contributed by atoms with Gasteiger partial charge in [0.2, 0.25) is 5.91 Å². The first-order chi connectivity index (χ1) is 12.8. The van der Waals surface area contributed by atoms with Crippen LogP contribution in [0, 0.1) is 6.92 Å². The molecule has 0 saturated carbocycles. The van der Waals surface area contributed by atoms with E-state index in [1.165, 1.54) is 14.2 Å². The number of carbonyl (C=O) groups excluding carboxylic acids is 2. The van der Waals surface area contributed by atoms with E-state index in [-0.39, 0.29) is 18.4 Å². The molecular formula is C20H25N3O4. The summed E-state index contributed by atoms with van der Waals surface area (Å²) in [6.07, 6.45) is 0. The molecule has 0 aliphatic rings. The van der Waals surface area contributed by atoms with Crippen LogP contribution in [0.5, 0.6) is 11.5 Å². The van der Waals surface area contributed by atoms with E-state index in [0.29, 0.717) is 28.4 Å². The lowest BCUT2D eigenvalue weighted by atomic mass is 10.1. The van der Waals surface area contributed by atoms with E-state index in [0.717, 1.165) is 5.56 Å². The molecule has 0 aromatic heterocycles. The molecule has 2 amide bonds. The van der Waals surface area contributed by atoms with Crippen LogP contribution in [0.15, 0.2) is 36.4 Å². The highest BCUT2D eigenvalue weighted by Gasteiger charge is 2.17. The van der Waals surface area contributed by atoms with Crippen LogP contribution in [-0.2, 0) is 4.79 Å². The molecule has 0 unspecified atom stereocenters. The van der Waals surface area contributed by atoms with Gasteiger partial charge >= 0.3 is 0 Å². The molecule has 7 nitrogen and oxygen atoms in total. The molecule has 2 aromatic carbocycles. The SMILES string of the molecule is COc1cccc(C(=O)Nc2ccc(C)c(NC(=O)CN(C)C)c2)c1OC. The van der Waals surface area contributed by atoms with Gasteiger partial charge in [-0.15, -0.1) is 0 Å². The first-order valence-electron chi connectivity index (χ1n) is 8.43. The Bertz CT molecular complexity index is 834. The predicted molar refractivity (Wildman–Crippen MR) is 106 cm³/mol. The number of anilines is 2. The van der Waals surface area contributed by atoms with Gasteiger partial charge in [-0.05, 0) is 50.8 Å². The Balaban J connectivity index is 2.22. The number of nitrogens with one attached hydrogen (secondary N) is 2. The number of likely N-dealkylation sites (N-methyl/N-ethyl adjacent to an activating group) is 1. The fourth-order valence-electron chi connectivity index (χ4n) is 2.58. The van der Waals surface area contributed by atoms with Crippen LogP contribution in [0.25, 0.3) is 0 Å². The van der Waals surface area contributed by atoms with Crippen LogP contribution >= 0.6 is 0 Å². The van der Waals surface area contributed by atoms with Gasteiger partial charge in [0.15, 0.2) is 11.5 Å². The van der Waals surface area contributed by atoms with E-state index in [2.05, 4.69) is 10.6 Å². The van der Waals surface area contributed by atoms with Crippen molar-refractivity contribution in [3.63, 3.8) is 0 Å². The number of hydrogen-bond acceptors (Lipinski definition) is 5. The number of nitrogens with zero attached hydrogens (tertiary/aromatic N) is 1. The number of ether oxygens (including phenoxy) is 2. The van der Waals surface area contributed by atoms with Crippen molar-refractivity contribution in [1.29, 1.82) is 0 Å². The summed E-state index contributed by atoms with van der Waals surface area (Å²) in [7, 11) is 6.65. The first kappa shape index (κ1) is 20.3. The van der Waals surface area contributed by atoms with Crippen LogP contribution < -0.4 is 20.1 Å². The molecule has 2 aromatic rings. The summed E-state index contributed by atoms with van der Waals surface area (Å²) in [5.74, 6) is 0.385. The second kappa shape index (κ2) is 9.05. The molecule has 0 atom stereocenters. The van der Waals surface area contributed by atoms with Crippen molar-refractivity contribution in [2.24, 2.45) is 0 Å². The lowest BCUT2D eigenvalue weighted by molar-refractivity contribution is -0.116. The molecule has 27 heavy (non-hydrogen) atoms. The van der Waals surface area contributed by atoms with Gasteiger partial charge < -0.3 is 25.0 Å². The fourth-order valence-corrected chi connectivity index (χ4v) is 2.58. The Kier molecular flexibility index (Phi) is 6.79. The van der Waals surface area contributed by atoms with E-state index in [9.17, 15) is 9.59 Å². The maximum atomic E-state index is 12.7. The number of amides is 2. The largest absolute Gasteiger partial charge is 0.493 e. The maximum Gasteiger partial charge on any atom is 0.259 e. The van der Waals surface area contributed by atoms with Gasteiger partial charge in [-0.1, -0.05) is 12.1 Å². The molecule has 0 radical (unpaired) electrons. The standard InChI is InChI=1S/C20H25N3O4/c1-13-9-10-14(11-16(13)22-18(24)12-23(2)3)21-20(25)15-7-6-8-17(26-4)19(15)27-5/h6-11H,12H2,1-5H3,(H,21,25)(H,22,24). The van der Waals surface area contributed by atoms with E-state index >= 15 is 0 Å². The zero-order chi connectivity index (χ0) is 20.0. The average Bonchev–Trinajstić information content (AvgIpc) is 2.62. The van der Waals surface area contributed by atoms with E-state index < -0.39 is 0 Å². The second-order valence-electron chi connectivity index (χ2n) is 6.31. The normalized spacial score (nSPS) is 10.4. The summed E-state index contributed by atoms with van der Waals surface area (Å²) in [6, 6.07) is 10.4. The number of aryl methyl sites for hydroxylation is 1. The topological polar surface area (TPSA) is 79.9 Å². The van der Waals surface area contributed by atoms with Crippen LogP contribution in [0.4, 0.5) is 11.4 Å². The minimum Gasteiger partial charge on any atom is -0.493 e. The van der Waals surface area contributed by atoms with Gasteiger partial charge in [-0.3, -0.25) is 9.59 Å². The minimum absolute atomic E-state index is 0.124. The predicted octanol–water partition coefficient (Wildman–Crippen LogP) is 2.76. The lowest BCUT2D eigenvalue weighted by Gasteiger charge is -2.15. The monoisotopic (exact) mass is 371 g/mol. The highest BCUT2D eigenvalue weighted by atomic mass is 16.5. The number of para-hydroxylation sites is 1. The number of hydrogen-bond donors (Lipinski definition) is 2. The molecule has 7 heteroatoms. The highest BCUT2D eigenvalue weighted by Crippen LogP contribution is 2.31. The highest BCUT2D eigenvalue weighted by molar-refractivity contribution is 6.07. The summed E-state index contributed by atoms with van der Waals surface area (Å²) in [5, 5.41) is 5.69. The molecule has 0 aliphatic carbocycles. The second-order valence-corrected chi connectivity index (χ2v) is 6.31. The summed E-state index contributed by atoms with van der Waals surface area (Å²) in [5.41, 5.74) is 2.47. The summed E-state index contributed by atoms with van der Waals surface area (Å²) in [6.45, 7) is 2.17. The summed E-state index contributed by atoms with van der Waals surface area (Å²) in [4.78, 5) is 26.5. The van der Waals surface area contributed by atoms with Gasteiger partial charge in [0, 0.05) is 11.4 Å². The molecule has 0 fully saturated rings. The number of methoxy groups -OCH3 is 2. The van der Waals surface area contributed by atoms with Crippen molar-refractivity contribution < 1.29 is 19.1 Å². The minimum atomic E-state index is -0.333. The Morgan fingerprint density at radius 3 is 2.41 bits per heavy atom. The smallest absolute Gasteiger partial charge is 0.259 e. The van der Waals surface area contributed by atoms with Gasteiger partial charge in [-0.2, -0.15) is 0 Å². The molecule has 0 aliphatic heterocycles. The van der Waals surface area contributed by atoms with Crippen molar-refractivity contribution in [3.8, 4) is 11.5 Å². The van der Waals surface area contributed by atoms with Crippen molar-refractivity contribution in [1.82, 2.24) is 4.90 Å². The first-order valence-corrected chi connectivity index (χ1v) is 8.43. The van der Waals surface area contributed by atoms with E-state index in [1.54, 1.807) is 35.2 Å². The van der Waals surface area contributed by atoms with Crippen molar-refractivity contribution in [2.75, 3.05) is 45.5 Å². The summed E-state index contributed by atoms with van der Waals surface area (Å²) >= 11 is 0. The molecule has 0 heterocycles. The Morgan fingerprint density at radius 1 is 1.04 bits per heavy atom. The van der Waals surface area contributed by atoms with Gasteiger partial charge in [-0.25, -0.2) is 0 Å². The molecule has 144 valence electrons. The van der Waals surface area contributed by atoms with Crippen LogP contribution in [0.1, 0.15) is 15.9 Å². The van der Waals surface area contributed by atoms with Crippen LogP contribution in [0.3, 0.4) is 0 Å². The third-order valence-corrected chi connectivity index (χ3v) is 3.88. The average molecular weight is 371 g/mol. The molecular weight excluding hydrogens is 346 g/mol. The van der Waals surface area contributed by atoms with Crippen molar-refractivity contribution in [2.45, 2.75) is 6.92 Å². The van der Waals surface area contributed by atoms with Crippen LogP contribution in [-0.4, -0.2) is 51.6 Å². The third-order valence-electron chi connectivity index (χ3n) is 3.88. The maximum absolute atomic E-state index is 12.7. The molecule has 0 spiro atoms. The van der Waals surface area contributed by atoms with E-state index in [1.807, 2.05) is 27.1 Å². The molecule has 2 rings (SSSR count). The Morgan fingerprint density at radius 2 is 1.78 bits per heavy atom. The summed E-state index contributed by atoms with van der Waals surface area (Å²) < 4.78 is 10.5. The van der Waals surface area contributed by atoms with Crippen molar-refractivity contribution in [3.05, 3.63) is 47.5 Å². The van der Waals surface area contributed by atoms with Crippen LogP contribution in [0.2, 0.25) is 0 Å². The lowest BCUT2D eigenvalue weighted by Crippen LogP contribution is -2.27.